The lowest BCUT2D eigenvalue weighted by Crippen LogP contribution is -2.64. The van der Waals surface area contributed by atoms with Crippen molar-refractivity contribution in [2.75, 3.05) is 32.8 Å². The van der Waals surface area contributed by atoms with E-state index in [4.69, 9.17) is 16.2 Å². The Balaban J connectivity index is 1.21. The number of rotatable bonds is 27. The van der Waals surface area contributed by atoms with Gasteiger partial charge in [0, 0.05) is 31.6 Å². The molecule has 14 unspecified atom stereocenters. The van der Waals surface area contributed by atoms with Crippen LogP contribution in [0.15, 0.2) is 97.1 Å². The largest absolute Gasteiger partial charge is 0.508 e. The van der Waals surface area contributed by atoms with Crippen LogP contribution < -0.4 is 43.4 Å². The van der Waals surface area contributed by atoms with E-state index in [1.54, 1.807) is 12.1 Å². The minimum atomic E-state index is -2.15. The number of aryl methyl sites for hydroxylation is 1. The second kappa shape index (κ2) is 29.6. The van der Waals surface area contributed by atoms with E-state index in [1.807, 2.05) is 55.5 Å². The normalized spacial score (nSPS) is 20.6. The predicted octanol–water partition coefficient (Wildman–Crippen LogP) is -2.79. The zero-order chi connectivity index (χ0) is 59.9. The van der Waals surface area contributed by atoms with Gasteiger partial charge in [0.2, 0.25) is 29.5 Å². The number of nitrogens with one attached hydrogen (secondary N) is 6. The van der Waals surface area contributed by atoms with Crippen molar-refractivity contribution in [2.45, 2.75) is 132 Å². The second-order valence-electron chi connectivity index (χ2n) is 20.6. The number of likely N-dealkylation sites (tertiary alicyclic amines) is 1. The summed E-state index contributed by atoms with van der Waals surface area (Å²) in [4.78, 5) is 97.9. The second-order valence-corrected chi connectivity index (χ2v) is 20.6. The van der Waals surface area contributed by atoms with Gasteiger partial charge in [-0.25, -0.2) is 0 Å². The molecule has 2 heterocycles. The van der Waals surface area contributed by atoms with Gasteiger partial charge < -0.3 is 93.9 Å². The van der Waals surface area contributed by atoms with Gasteiger partial charge >= 0.3 is 0 Å². The zero-order valence-electron chi connectivity index (χ0n) is 45.6. The third kappa shape index (κ3) is 16.7. The summed E-state index contributed by atoms with van der Waals surface area (Å²) >= 11 is 0. The maximum atomic E-state index is 14.6. The molecular weight excluding hydrogens is 1070 g/mol. The van der Waals surface area contributed by atoms with Gasteiger partial charge in [-0.1, -0.05) is 78.4 Å². The average Bonchev–Trinajstić information content (AvgIpc) is 4.11. The quantitative estimate of drug-likeness (QED) is 0.0269. The molecule has 2 aliphatic rings. The first-order valence-corrected chi connectivity index (χ1v) is 26.9. The zero-order valence-corrected chi connectivity index (χ0v) is 45.6. The van der Waals surface area contributed by atoms with Crippen molar-refractivity contribution in [3.05, 3.63) is 114 Å². The molecule has 2 fully saturated rings. The third-order valence-electron chi connectivity index (χ3n) is 14.3. The Kier molecular flexibility index (Phi) is 23.1. The number of hydrogen-bond acceptors (Lipinski definition) is 19. The van der Waals surface area contributed by atoms with Crippen LogP contribution in [0.2, 0.25) is 0 Å². The van der Waals surface area contributed by atoms with Gasteiger partial charge in [0.25, 0.3) is 5.91 Å². The molecule has 0 bridgehead atoms. The summed E-state index contributed by atoms with van der Waals surface area (Å²) < 4.78 is 5.73. The monoisotopic (exact) mass is 1140 g/mol. The number of nitrogens with two attached hydrogens (primary N) is 2. The van der Waals surface area contributed by atoms with E-state index in [2.05, 4.69) is 31.9 Å². The standard InChI is InChI=1S/C57H75N9O16/c1-29-4-6-32(7-5-29)33-8-10-34(11-9-33)35-12-14-37(15-13-35)51(76)61-41(53(78)62-45(30(2)67)31(3)68)27-44(73)56(82-25-23-59)65-55(80)48-43(72)21-24-66(48)57(81)46(42(71)20-22-58)63-54(79)47(64-52(77)40-26-39(70)28-60-40)50(75)49(74)36-16-18-38(69)19-17-36/h4-19,30,39-50,56,60,67,69-75H,20-28,58-59H2,1-3H3,(H,61,76)(H,62,78)(H,63,79)(H,64,77)(H,65,80). The van der Waals surface area contributed by atoms with E-state index in [-0.39, 0.29) is 68.9 Å². The Labute approximate surface area is 473 Å². The van der Waals surface area contributed by atoms with E-state index in [0.29, 0.717) is 0 Å². The highest BCUT2D eigenvalue weighted by Gasteiger charge is 2.47. The van der Waals surface area contributed by atoms with Gasteiger partial charge in [-0.2, -0.15) is 0 Å². The van der Waals surface area contributed by atoms with Crippen molar-refractivity contribution < 1.29 is 79.2 Å². The number of carbonyl (C=O) groups is 7. The molecule has 0 saturated carbocycles. The number of aliphatic hydroxyl groups excluding tert-OH is 7. The highest BCUT2D eigenvalue weighted by Crippen LogP contribution is 2.27. The van der Waals surface area contributed by atoms with Gasteiger partial charge in [-0.15, -0.1) is 0 Å². The minimum absolute atomic E-state index is 0.00111. The Morgan fingerprint density at radius 1 is 0.695 bits per heavy atom. The van der Waals surface area contributed by atoms with Crippen LogP contribution in [0.25, 0.3) is 22.3 Å². The molecule has 18 N–H and O–H groups in total. The first-order chi connectivity index (χ1) is 39.0. The van der Waals surface area contributed by atoms with E-state index in [0.717, 1.165) is 39.6 Å². The number of Topliss-reactive ketones (excluding diaryl/α,β-unsaturated/α-hetero) is 1. The van der Waals surface area contributed by atoms with Crippen LogP contribution in [0.1, 0.15) is 67.1 Å². The lowest BCUT2D eigenvalue weighted by molar-refractivity contribution is -0.149. The van der Waals surface area contributed by atoms with Crippen molar-refractivity contribution in [3.8, 4) is 28.0 Å². The number of benzene rings is 4. The summed E-state index contributed by atoms with van der Waals surface area (Å²) in [7, 11) is 0. The van der Waals surface area contributed by atoms with Crippen LogP contribution in [0.3, 0.4) is 0 Å². The molecule has 14 atom stereocenters. The number of nitrogens with zero attached hydrogens (tertiary/aromatic N) is 1. The summed E-state index contributed by atoms with van der Waals surface area (Å²) in [6.45, 7) is 3.33. The SMILES string of the molecule is CC(=O)C(NC(=O)C(CC(O)C(NC(=O)C1C(O)CCN1C(=O)C(NC(=O)C(NC(=O)C1CC(O)CN1)C(O)C(O)c1ccc(O)cc1)C(O)CCN)OCCN)NC(=O)c1ccc(-c2ccc(-c3ccc(C)cc3)cc2)cc1)C(C)O. The van der Waals surface area contributed by atoms with E-state index < -0.39 is 133 Å². The van der Waals surface area contributed by atoms with Gasteiger partial charge in [0.1, 0.15) is 54.3 Å². The highest BCUT2D eigenvalue weighted by molar-refractivity contribution is 5.99. The molecule has 6 amide bonds. The smallest absolute Gasteiger partial charge is 0.251 e. The summed E-state index contributed by atoms with van der Waals surface area (Å²) in [5.74, 6) is -7.14. The van der Waals surface area contributed by atoms with Gasteiger partial charge in [-0.3, -0.25) is 33.6 Å². The summed E-state index contributed by atoms with van der Waals surface area (Å²) in [6, 6.07) is 17.2. The van der Waals surface area contributed by atoms with Crippen molar-refractivity contribution in [2.24, 2.45) is 11.5 Å². The number of carbonyl (C=O) groups excluding carboxylic acids is 7. The minimum Gasteiger partial charge on any atom is -0.508 e. The van der Waals surface area contributed by atoms with Crippen molar-refractivity contribution in [1.82, 2.24) is 36.8 Å². The fourth-order valence-electron chi connectivity index (χ4n) is 9.69. The lowest BCUT2D eigenvalue weighted by atomic mass is 9.96. The molecule has 444 valence electrons. The third-order valence-corrected chi connectivity index (χ3v) is 14.3. The first-order valence-electron chi connectivity index (χ1n) is 26.9. The first kappa shape index (κ1) is 63.9. The number of ketones is 1. The number of phenolic OH excluding ortho intramolecular Hbond substituents is 1. The average molecular weight is 1140 g/mol. The predicted molar refractivity (Wildman–Crippen MR) is 296 cm³/mol. The molecule has 0 aliphatic carbocycles. The summed E-state index contributed by atoms with van der Waals surface area (Å²) in [6.07, 6.45) is -14.8. The molecule has 0 radical (unpaired) electrons. The summed E-state index contributed by atoms with van der Waals surface area (Å²) in [5.41, 5.74) is 16.4. The van der Waals surface area contributed by atoms with Crippen LogP contribution in [0, 0.1) is 6.92 Å². The Bertz CT molecular complexity index is 2810. The lowest BCUT2D eigenvalue weighted by Gasteiger charge is -2.34. The highest BCUT2D eigenvalue weighted by atomic mass is 16.5. The fourth-order valence-corrected chi connectivity index (χ4v) is 9.69. The molecule has 25 heteroatoms. The van der Waals surface area contributed by atoms with Crippen LogP contribution in [-0.2, 0) is 33.5 Å². The van der Waals surface area contributed by atoms with Crippen molar-refractivity contribution in [1.29, 1.82) is 0 Å². The van der Waals surface area contributed by atoms with Crippen LogP contribution in [-0.4, -0.2) is 199 Å². The maximum absolute atomic E-state index is 14.6. The van der Waals surface area contributed by atoms with Crippen LogP contribution >= 0.6 is 0 Å². The van der Waals surface area contributed by atoms with Crippen molar-refractivity contribution in [3.63, 3.8) is 0 Å². The van der Waals surface area contributed by atoms with E-state index >= 15 is 0 Å². The summed E-state index contributed by atoms with van der Waals surface area (Å²) in [5, 5.41) is 102. The van der Waals surface area contributed by atoms with Gasteiger partial charge in [-0.05, 0) is 98.7 Å². The number of β-amino-alcohol motifs (C(OH)–C–C–N with tert-alkyl or cyclic N) is 1. The Morgan fingerprint density at radius 2 is 1.27 bits per heavy atom. The van der Waals surface area contributed by atoms with E-state index in [9.17, 15) is 74.4 Å². The van der Waals surface area contributed by atoms with Crippen molar-refractivity contribution >= 4 is 41.2 Å². The van der Waals surface area contributed by atoms with Crippen LogP contribution in [0.5, 0.6) is 5.75 Å². The Hall–Kier alpha value is -7.27. The molecule has 0 spiro atoms. The molecule has 82 heavy (non-hydrogen) atoms. The molecule has 4 aromatic rings. The number of aromatic hydroxyl groups is 1. The molecule has 4 aromatic carbocycles. The molecule has 2 aliphatic heterocycles. The molecular formula is C57H75N9O16. The van der Waals surface area contributed by atoms with Gasteiger partial charge in [0.15, 0.2) is 12.0 Å². The molecule has 2 saturated heterocycles. The number of phenols is 1. The number of aliphatic hydroxyl groups is 7. The van der Waals surface area contributed by atoms with Crippen LogP contribution in [0.4, 0.5) is 0 Å². The van der Waals surface area contributed by atoms with Gasteiger partial charge in [0.05, 0.1) is 37.1 Å². The molecule has 6 rings (SSSR count). The maximum Gasteiger partial charge on any atom is 0.251 e. The Morgan fingerprint density at radius 3 is 1.80 bits per heavy atom. The number of amides is 6. The topological polar surface area (TPSA) is 418 Å². The molecule has 0 aromatic heterocycles. The number of ether oxygens (including phenoxy) is 1. The fraction of sp³-hybridized carbons (Fsp3) is 0.456. The number of hydrogen-bond donors (Lipinski definition) is 16. The molecule has 25 nitrogen and oxygen atoms in total. The van der Waals surface area contributed by atoms with E-state index in [1.165, 1.54) is 43.3 Å².